The molecule has 0 spiro atoms. The van der Waals surface area contributed by atoms with E-state index in [1.54, 1.807) is 4.90 Å². The zero-order valence-corrected chi connectivity index (χ0v) is 11.7. The van der Waals surface area contributed by atoms with Crippen LogP contribution < -0.4 is 0 Å². The molecule has 1 aliphatic rings. The van der Waals surface area contributed by atoms with Gasteiger partial charge in [0.15, 0.2) is 0 Å². The van der Waals surface area contributed by atoms with Crippen molar-refractivity contribution in [2.75, 3.05) is 13.1 Å². The molecule has 4 heteroatoms. The lowest BCUT2D eigenvalue weighted by molar-refractivity contribution is 0.0773. The Morgan fingerprint density at radius 2 is 2.00 bits per heavy atom. The minimum absolute atomic E-state index is 0.0389. The Bertz CT molecular complexity index is 491. The molecule has 0 saturated carbocycles. The van der Waals surface area contributed by atoms with Crippen molar-refractivity contribution in [3.05, 3.63) is 23.8 Å². The molecule has 1 aliphatic heterocycles. The first-order valence-corrected chi connectivity index (χ1v) is 6.60. The Morgan fingerprint density at radius 1 is 1.32 bits per heavy atom. The number of amides is 1. The van der Waals surface area contributed by atoms with Crippen LogP contribution >= 0.6 is 0 Å². The number of hydrogen-bond donors (Lipinski definition) is 2. The summed E-state index contributed by atoms with van der Waals surface area (Å²) >= 11 is 0. The number of rotatable bonds is 1. The fourth-order valence-electron chi connectivity index (χ4n) is 2.52. The number of phenolic OH excluding ortho intramolecular Hbond substituents is 2. The highest BCUT2D eigenvalue weighted by Crippen LogP contribution is 2.35. The molecule has 1 fully saturated rings. The van der Waals surface area contributed by atoms with Crippen LogP contribution in [-0.4, -0.2) is 34.1 Å². The molecule has 2 N–H and O–H groups in total. The SMILES string of the molecule is CC(C)(C)C1CCN(C(=O)c2ccc(O)cc2O)C1. The van der Waals surface area contributed by atoms with E-state index < -0.39 is 0 Å². The lowest BCUT2D eigenvalue weighted by Crippen LogP contribution is -2.31. The number of carbonyl (C=O) groups is 1. The topological polar surface area (TPSA) is 60.8 Å². The maximum atomic E-state index is 12.3. The molecule has 0 radical (unpaired) electrons. The summed E-state index contributed by atoms with van der Waals surface area (Å²) in [7, 11) is 0. The molecular weight excluding hydrogens is 242 g/mol. The summed E-state index contributed by atoms with van der Waals surface area (Å²) in [6.45, 7) is 8.00. The van der Waals surface area contributed by atoms with Crippen LogP contribution in [0.25, 0.3) is 0 Å². The molecule has 0 bridgehead atoms. The predicted octanol–water partition coefficient (Wildman–Crippen LogP) is 2.61. The van der Waals surface area contributed by atoms with E-state index in [1.165, 1.54) is 18.2 Å². The Hall–Kier alpha value is -1.71. The number of nitrogens with zero attached hydrogens (tertiary/aromatic N) is 1. The molecule has 0 aliphatic carbocycles. The van der Waals surface area contributed by atoms with Gasteiger partial charge in [0.1, 0.15) is 11.5 Å². The molecule has 2 rings (SSSR count). The first-order valence-electron chi connectivity index (χ1n) is 6.60. The Balaban J connectivity index is 2.14. The van der Waals surface area contributed by atoms with Gasteiger partial charge in [0, 0.05) is 19.2 Å². The molecule has 1 saturated heterocycles. The lowest BCUT2D eigenvalue weighted by Gasteiger charge is -2.27. The largest absolute Gasteiger partial charge is 0.508 e. The van der Waals surface area contributed by atoms with Crippen LogP contribution in [0.3, 0.4) is 0 Å². The zero-order chi connectivity index (χ0) is 14.2. The number of benzene rings is 1. The van der Waals surface area contributed by atoms with Gasteiger partial charge in [-0.2, -0.15) is 0 Å². The number of carbonyl (C=O) groups excluding carboxylic acids is 1. The highest BCUT2D eigenvalue weighted by molar-refractivity contribution is 5.97. The highest BCUT2D eigenvalue weighted by Gasteiger charge is 2.34. The van der Waals surface area contributed by atoms with E-state index in [9.17, 15) is 15.0 Å². The van der Waals surface area contributed by atoms with Crippen LogP contribution in [0.15, 0.2) is 18.2 Å². The molecule has 1 amide bonds. The van der Waals surface area contributed by atoms with E-state index in [-0.39, 0.29) is 28.4 Å². The molecule has 1 atom stereocenters. The zero-order valence-electron chi connectivity index (χ0n) is 11.7. The van der Waals surface area contributed by atoms with E-state index in [0.29, 0.717) is 5.92 Å². The molecule has 4 nitrogen and oxygen atoms in total. The fraction of sp³-hybridized carbons (Fsp3) is 0.533. The van der Waals surface area contributed by atoms with Crippen molar-refractivity contribution in [3.8, 4) is 11.5 Å². The van der Waals surface area contributed by atoms with Crippen LogP contribution in [-0.2, 0) is 0 Å². The standard InChI is InChI=1S/C15H21NO3/c1-15(2,3)10-6-7-16(9-10)14(19)12-5-4-11(17)8-13(12)18/h4-5,8,10,17-18H,6-7,9H2,1-3H3. The second-order valence-electron chi connectivity index (χ2n) is 6.30. The summed E-state index contributed by atoms with van der Waals surface area (Å²) in [4.78, 5) is 14.1. The van der Waals surface area contributed by atoms with Crippen LogP contribution in [0.5, 0.6) is 11.5 Å². The number of hydrogen-bond acceptors (Lipinski definition) is 3. The van der Waals surface area contributed by atoms with E-state index >= 15 is 0 Å². The number of likely N-dealkylation sites (tertiary alicyclic amines) is 1. The maximum absolute atomic E-state index is 12.3. The molecule has 19 heavy (non-hydrogen) atoms. The summed E-state index contributed by atoms with van der Waals surface area (Å²) in [5.74, 6) is 0.118. The fourth-order valence-corrected chi connectivity index (χ4v) is 2.52. The minimum atomic E-state index is -0.163. The number of aromatic hydroxyl groups is 2. The summed E-state index contributed by atoms with van der Waals surface area (Å²) in [6, 6.07) is 4.09. The van der Waals surface area contributed by atoms with E-state index in [1.807, 2.05) is 0 Å². The Morgan fingerprint density at radius 3 is 2.53 bits per heavy atom. The van der Waals surface area contributed by atoms with Crippen molar-refractivity contribution >= 4 is 5.91 Å². The van der Waals surface area contributed by atoms with Gasteiger partial charge >= 0.3 is 0 Å². The van der Waals surface area contributed by atoms with Crippen molar-refractivity contribution < 1.29 is 15.0 Å². The summed E-state index contributed by atoms with van der Waals surface area (Å²) in [6.07, 6.45) is 0.994. The lowest BCUT2D eigenvalue weighted by atomic mass is 9.80. The second kappa shape index (κ2) is 4.76. The first-order chi connectivity index (χ1) is 8.79. The maximum Gasteiger partial charge on any atom is 0.257 e. The second-order valence-corrected chi connectivity index (χ2v) is 6.30. The quantitative estimate of drug-likeness (QED) is 0.818. The van der Waals surface area contributed by atoms with Crippen LogP contribution in [0.1, 0.15) is 37.6 Å². The van der Waals surface area contributed by atoms with Crippen LogP contribution in [0.4, 0.5) is 0 Å². The summed E-state index contributed by atoms with van der Waals surface area (Å²) in [5.41, 5.74) is 0.443. The average Bonchev–Trinajstić information content (AvgIpc) is 2.76. The minimum Gasteiger partial charge on any atom is -0.508 e. The molecule has 1 heterocycles. The smallest absolute Gasteiger partial charge is 0.257 e. The molecule has 0 aromatic heterocycles. The van der Waals surface area contributed by atoms with Crippen molar-refractivity contribution in [1.82, 2.24) is 4.90 Å². The summed E-state index contributed by atoms with van der Waals surface area (Å²) in [5, 5.41) is 19.0. The van der Waals surface area contributed by atoms with Gasteiger partial charge in [-0.15, -0.1) is 0 Å². The monoisotopic (exact) mass is 263 g/mol. The third kappa shape index (κ3) is 2.83. The summed E-state index contributed by atoms with van der Waals surface area (Å²) < 4.78 is 0. The Labute approximate surface area is 113 Å². The third-order valence-corrected chi connectivity index (χ3v) is 3.91. The van der Waals surface area contributed by atoms with Gasteiger partial charge in [-0.3, -0.25) is 4.79 Å². The van der Waals surface area contributed by atoms with Gasteiger partial charge in [0.25, 0.3) is 5.91 Å². The van der Waals surface area contributed by atoms with Crippen LogP contribution in [0.2, 0.25) is 0 Å². The molecular formula is C15H21NO3. The van der Waals surface area contributed by atoms with Crippen LogP contribution in [0, 0.1) is 11.3 Å². The van der Waals surface area contributed by atoms with Gasteiger partial charge in [-0.1, -0.05) is 20.8 Å². The molecule has 1 aromatic rings. The van der Waals surface area contributed by atoms with Crippen molar-refractivity contribution in [3.63, 3.8) is 0 Å². The normalized spacial score (nSPS) is 19.7. The van der Waals surface area contributed by atoms with Gasteiger partial charge in [0.05, 0.1) is 5.56 Å². The highest BCUT2D eigenvalue weighted by atomic mass is 16.3. The first kappa shape index (κ1) is 13.7. The van der Waals surface area contributed by atoms with Crippen molar-refractivity contribution in [2.45, 2.75) is 27.2 Å². The molecule has 1 aromatic carbocycles. The van der Waals surface area contributed by atoms with E-state index in [2.05, 4.69) is 20.8 Å². The van der Waals surface area contributed by atoms with Gasteiger partial charge in [-0.05, 0) is 29.9 Å². The van der Waals surface area contributed by atoms with Crippen molar-refractivity contribution in [1.29, 1.82) is 0 Å². The van der Waals surface area contributed by atoms with Crippen molar-refractivity contribution in [2.24, 2.45) is 11.3 Å². The van der Waals surface area contributed by atoms with Gasteiger partial charge < -0.3 is 15.1 Å². The van der Waals surface area contributed by atoms with Gasteiger partial charge in [0.2, 0.25) is 0 Å². The van der Waals surface area contributed by atoms with E-state index in [0.717, 1.165) is 19.5 Å². The third-order valence-electron chi connectivity index (χ3n) is 3.91. The number of phenols is 2. The van der Waals surface area contributed by atoms with Gasteiger partial charge in [-0.25, -0.2) is 0 Å². The Kier molecular flexibility index (Phi) is 3.43. The predicted molar refractivity (Wildman–Crippen MR) is 73.2 cm³/mol. The molecule has 1 unspecified atom stereocenters. The van der Waals surface area contributed by atoms with E-state index in [4.69, 9.17) is 0 Å². The average molecular weight is 263 g/mol. The molecule has 104 valence electrons.